The Morgan fingerprint density at radius 2 is 1.15 bits per heavy atom. The van der Waals surface area contributed by atoms with Crippen LogP contribution < -0.4 is 9.47 Å². The number of hydrogen-bond donors (Lipinski definition) is 0. The number of alkyl halides is 1. The largest absolute Gasteiger partial charge is 0.494 e. The number of hydrogen-bond acceptors (Lipinski definition) is 2. The molecule has 2 nitrogen and oxygen atoms in total. The van der Waals surface area contributed by atoms with Gasteiger partial charge in [0.05, 0.1) is 13.2 Å². The Hall–Kier alpha value is -1.41. The van der Waals surface area contributed by atoms with Crippen molar-refractivity contribution in [2.75, 3.05) is 19.1 Å². The highest BCUT2D eigenvalue weighted by molar-refractivity contribution is 6.17. The summed E-state index contributed by atoms with van der Waals surface area (Å²) in [6.45, 7) is 3.81. The molecule has 0 aromatic heterocycles. The molecule has 2 aromatic rings. The molecule has 0 aliphatic heterocycles. The summed E-state index contributed by atoms with van der Waals surface area (Å²) in [5.74, 6) is 2.63. The van der Waals surface area contributed by atoms with E-state index < -0.39 is 0 Å². The molecule has 0 spiro atoms. The Bertz CT molecular complexity index is 627. The molecule has 2 rings (SSSR count). The highest BCUT2D eigenvalue weighted by Gasteiger charge is 2.01. The van der Waals surface area contributed by atoms with Crippen LogP contribution in [0.1, 0.15) is 64.7 Å². The van der Waals surface area contributed by atoms with Crippen LogP contribution in [0.25, 0.3) is 10.8 Å². The molecule has 2 aromatic carbocycles. The average molecular weight is 377 g/mol. The maximum atomic E-state index is 5.91. The van der Waals surface area contributed by atoms with Crippen molar-refractivity contribution in [3.8, 4) is 11.5 Å². The summed E-state index contributed by atoms with van der Waals surface area (Å²) in [6, 6.07) is 12.6. The predicted molar refractivity (Wildman–Crippen MR) is 113 cm³/mol. The molecular formula is C23H33ClO2. The van der Waals surface area contributed by atoms with Crippen molar-refractivity contribution in [2.24, 2.45) is 0 Å². The van der Waals surface area contributed by atoms with Crippen LogP contribution in [0.5, 0.6) is 11.5 Å². The molecule has 0 N–H and O–H groups in total. The lowest BCUT2D eigenvalue weighted by atomic mass is 10.1. The molecule has 0 aliphatic carbocycles. The summed E-state index contributed by atoms with van der Waals surface area (Å²) < 4.78 is 11.7. The zero-order valence-corrected chi connectivity index (χ0v) is 16.9. The fourth-order valence-corrected chi connectivity index (χ4v) is 3.21. The fourth-order valence-electron chi connectivity index (χ4n) is 3.02. The number of rotatable bonds is 14. The van der Waals surface area contributed by atoms with Gasteiger partial charge in [-0.15, -0.1) is 11.6 Å². The molecular weight excluding hydrogens is 344 g/mol. The Balaban J connectivity index is 1.75. The summed E-state index contributed by atoms with van der Waals surface area (Å²) in [4.78, 5) is 0. The van der Waals surface area contributed by atoms with Crippen LogP contribution in [0.3, 0.4) is 0 Å². The minimum Gasteiger partial charge on any atom is -0.494 e. The minimum atomic E-state index is 0.735. The van der Waals surface area contributed by atoms with Crippen molar-refractivity contribution in [1.29, 1.82) is 0 Å². The van der Waals surface area contributed by atoms with Crippen molar-refractivity contribution in [3.05, 3.63) is 36.4 Å². The van der Waals surface area contributed by atoms with Gasteiger partial charge in [0.15, 0.2) is 0 Å². The SMILES string of the molecule is CCCCCCCCOc1ccc2cc(OCCCCCCl)ccc2c1. The van der Waals surface area contributed by atoms with Gasteiger partial charge < -0.3 is 9.47 Å². The molecule has 26 heavy (non-hydrogen) atoms. The van der Waals surface area contributed by atoms with Gasteiger partial charge in [0.25, 0.3) is 0 Å². The lowest BCUT2D eigenvalue weighted by Crippen LogP contribution is -1.98. The van der Waals surface area contributed by atoms with Gasteiger partial charge in [0.1, 0.15) is 11.5 Å². The van der Waals surface area contributed by atoms with E-state index in [-0.39, 0.29) is 0 Å². The normalized spacial score (nSPS) is 11.0. The van der Waals surface area contributed by atoms with E-state index in [2.05, 4.69) is 37.3 Å². The van der Waals surface area contributed by atoms with Crippen LogP contribution in [-0.2, 0) is 0 Å². The molecule has 0 saturated heterocycles. The monoisotopic (exact) mass is 376 g/mol. The Kier molecular flexibility index (Phi) is 10.3. The van der Waals surface area contributed by atoms with Gasteiger partial charge in [0, 0.05) is 5.88 Å². The van der Waals surface area contributed by atoms with Gasteiger partial charge in [-0.3, -0.25) is 0 Å². The molecule has 3 heteroatoms. The molecule has 0 amide bonds. The number of unbranched alkanes of at least 4 members (excludes halogenated alkanes) is 7. The second-order valence-corrected chi connectivity index (χ2v) is 7.26. The standard InChI is InChI=1S/C23H33ClO2/c1-2-3-4-5-6-9-16-25-22-13-11-21-19-23(14-12-20(21)18-22)26-17-10-7-8-15-24/h11-14,18-19H,2-10,15-17H2,1H3. The Labute approximate surface area is 163 Å². The summed E-state index contributed by atoms with van der Waals surface area (Å²) in [6.07, 6.45) is 11.0. The van der Waals surface area contributed by atoms with Gasteiger partial charge in [-0.05, 0) is 60.7 Å². The minimum absolute atomic E-state index is 0.735. The number of halogens is 1. The second kappa shape index (κ2) is 12.9. The number of benzene rings is 2. The fraction of sp³-hybridized carbons (Fsp3) is 0.565. The van der Waals surface area contributed by atoms with E-state index in [0.29, 0.717) is 0 Å². The van der Waals surface area contributed by atoms with Crippen LogP contribution in [0.4, 0.5) is 0 Å². The molecule has 0 unspecified atom stereocenters. The molecule has 0 bridgehead atoms. The van der Waals surface area contributed by atoms with Gasteiger partial charge in [-0.25, -0.2) is 0 Å². The Morgan fingerprint density at radius 1 is 0.654 bits per heavy atom. The third-order valence-corrected chi connectivity index (χ3v) is 4.86. The molecule has 0 atom stereocenters. The first-order valence-corrected chi connectivity index (χ1v) is 10.7. The summed E-state index contributed by atoms with van der Waals surface area (Å²) in [5, 5.41) is 2.38. The van der Waals surface area contributed by atoms with E-state index in [0.717, 1.165) is 56.3 Å². The summed E-state index contributed by atoms with van der Waals surface area (Å²) >= 11 is 5.69. The van der Waals surface area contributed by atoms with Crippen LogP contribution in [0.15, 0.2) is 36.4 Å². The topological polar surface area (TPSA) is 18.5 Å². The van der Waals surface area contributed by atoms with Crippen molar-refractivity contribution < 1.29 is 9.47 Å². The quantitative estimate of drug-likeness (QED) is 0.253. The molecule has 0 aliphatic rings. The van der Waals surface area contributed by atoms with Gasteiger partial charge in [-0.1, -0.05) is 51.2 Å². The highest BCUT2D eigenvalue weighted by Crippen LogP contribution is 2.25. The first-order chi connectivity index (χ1) is 12.8. The van der Waals surface area contributed by atoms with Crippen molar-refractivity contribution in [1.82, 2.24) is 0 Å². The lowest BCUT2D eigenvalue weighted by molar-refractivity contribution is 0.304. The lowest BCUT2D eigenvalue weighted by Gasteiger charge is -2.09. The van der Waals surface area contributed by atoms with Crippen molar-refractivity contribution in [3.63, 3.8) is 0 Å². The summed E-state index contributed by atoms with van der Waals surface area (Å²) in [5.41, 5.74) is 0. The second-order valence-electron chi connectivity index (χ2n) is 6.89. The molecule has 144 valence electrons. The number of ether oxygens (including phenoxy) is 2. The third kappa shape index (κ3) is 7.86. The van der Waals surface area contributed by atoms with E-state index in [9.17, 15) is 0 Å². The maximum absolute atomic E-state index is 5.91. The first kappa shape index (κ1) is 20.9. The zero-order valence-electron chi connectivity index (χ0n) is 16.1. The van der Waals surface area contributed by atoms with E-state index in [1.54, 1.807) is 0 Å². The van der Waals surface area contributed by atoms with E-state index in [1.165, 1.54) is 42.9 Å². The van der Waals surface area contributed by atoms with E-state index >= 15 is 0 Å². The van der Waals surface area contributed by atoms with Gasteiger partial charge in [0.2, 0.25) is 0 Å². The zero-order chi connectivity index (χ0) is 18.5. The van der Waals surface area contributed by atoms with E-state index in [1.807, 2.05) is 6.07 Å². The van der Waals surface area contributed by atoms with Crippen LogP contribution in [0, 0.1) is 0 Å². The first-order valence-electron chi connectivity index (χ1n) is 10.2. The van der Waals surface area contributed by atoms with Crippen LogP contribution in [-0.4, -0.2) is 19.1 Å². The summed E-state index contributed by atoms with van der Waals surface area (Å²) in [7, 11) is 0. The van der Waals surface area contributed by atoms with Crippen LogP contribution in [0.2, 0.25) is 0 Å². The number of fused-ring (bicyclic) bond motifs is 1. The molecule has 0 saturated carbocycles. The van der Waals surface area contributed by atoms with Crippen molar-refractivity contribution in [2.45, 2.75) is 64.7 Å². The molecule has 0 heterocycles. The van der Waals surface area contributed by atoms with Gasteiger partial charge >= 0.3 is 0 Å². The van der Waals surface area contributed by atoms with Gasteiger partial charge in [-0.2, -0.15) is 0 Å². The molecule has 0 fully saturated rings. The smallest absolute Gasteiger partial charge is 0.119 e. The Morgan fingerprint density at radius 3 is 1.69 bits per heavy atom. The van der Waals surface area contributed by atoms with Crippen molar-refractivity contribution >= 4 is 22.4 Å². The average Bonchev–Trinajstić information content (AvgIpc) is 2.67. The highest BCUT2D eigenvalue weighted by atomic mass is 35.5. The predicted octanol–water partition coefficient (Wildman–Crippen LogP) is 7.37. The van der Waals surface area contributed by atoms with Crippen LogP contribution >= 0.6 is 11.6 Å². The van der Waals surface area contributed by atoms with E-state index in [4.69, 9.17) is 21.1 Å². The third-order valence-electron chi connectivity index (χ3n) is 4.60. The molecule has 0 radical (unpaired) electrons. The maximum Gasteiger partial charge on any atom is 0.119 e.